The molecule has 1 aliphatic heterocycles. The monoisotopic (exact) mass is 172 g/mol. The SMILES string of the molecule is CCC1=C(F)C(OC)N=C(C)N1. The Bertz CT molecular complexity index is 235. The zero-order chi connectivity index (χ0) is 9.14. The van der Waals surface area contributed by atoms with Crippen LogP contribution in [0.3, 0.4) is 0 Å². The van der Waals surface area contributed by atoms with Crippen molar-refractivity contribution < 1.29 is 9.13 Å². The van der Waals surface area contributed by atoms with Gasteiger partial charge in [0.05, 0.1) is 5.70 Å². The average molecular weight is 172 g/mol. The molecular formula is C8H13FN2O. The molecule has 1 heterocycles. The standard InChI is InChI=1S/C8H13FN2O/c1-4-6-7(9)8(12-3)11-5(2)10-6/h8H,4H2,1-3H3,(H,10,11). The Labute approximate surface area is 71.3 Å². The molecule has 0 bridgehead atoms. The zero-order valence-corrected chi connectivity index (χ0v) is 7.52. The van der Waals surface area contributed by atoms with Crippen LogP contribution in [0.25, 0.3) is 0 Å². The molecule has 12 heavy (non-hydrogen) atoms. The van der Waals surface area contributed by atoms with Gasteiger partial charge in [0.1, 0.15) is 5.84 Å². The minimum Gasteiger partial charge on any atom is -0.353 e. The number of nitrogens with one attached hydrogen (secondary N) is 1. The van der Waals surface area contributed by atoms with E-state index in [2.05, 4.69) is 10.3 Å². The first-order valence-corrected chi connectivity index (χ1v) is 3.91. The molecule has 1 aliphatic rings. The zero-order valence-electron chi connectivity index (χ0n) is 7.52. The molecule has 0 saturated carbocycles. The average Bonchev–Trinajstić information content (AvgIpc) is 2.08. The molecule has 1 atom stereocenters. The fraction of sp³-hybridized carbons (Fsp3) is 0.625. The van der Waals surface area contributed by atoms with Crippen LogP contribution in [-0.2, 0) is 4.74 Å². The van der Waals surface area contributed by atoms with Gasteiger partial charge in [-0.1, -0.05) is 6.92 Å². The van der Waals surface area contributed by atoms with Crippen LogP contribution < -0.4 is 5.32 Å². The quantitative estimate of drug-likeness (QED) is 0.686. The normalized spacial score (nSPS) is 23.7. The van der Waals surface area contributed by atoms with Gasteiger partial charge in [0.25, 0.3) is 0 Å². The molecular weight excluding hydrogens is 159 g/mol. The van der Waals surface area contributed by atoms with Gasteiger partial charge in [-0.05, 0) is 13.3 Å². The molecule has 0 fully saturated rings. The summed E-state index contributed by atoms with van der Waals surface area (Å²) in [5, 5.41) is 2.85. The Morgan fingerprint density at radius 3 is 2.83 bits per heavy atom. The molecule has 0 aromatic carbocycles. The van der Waals surface area contributed by atoms with Crippen molar-refractivity contribution in [2.75, 3.05) is 7.11 Å². The van der Waals surface area contributed by atoms with E-state index in [-0.39, 0.29) is 5.83 Å². The third kappa shape index (κ3) is 1.64. The first-order valence-electron chi connectivity index (χ1n) is 3.91. The van der Waals surface area contributed by atoms with Crippen molar-refractivity contribution >= 4 is 5.84 Å². The highest BCUT2D eigenvalue weighted by molar-refractivity contribution is 5.82. The van der Waals surface area contributed by atoms with Gasteiger partial charge in [-0.15, -0.1) is 0 Å². The van der Waals surface area contributed by atoms with Crippen molar-refractivity contribution in [3.05, 3.63) is 11.5 Å². The van der Waals surface area contributed by atoms with E-state index >= 15 is 0 Å². The summed E-state index contributed by atoms with van der Waals surface area (Å²) in [5.41, 5.74) is 0.564. The molecule has 0 amide bonds. The topological polar surface area (TPSA) is 33.6 Å². The Kier molecular flexibility index (Phi) is 2.81. The second kappa shape index (κ2) is 3.67. The molecule has 0 radical (unpaired) electrons. The maximum Gasteiger partial charge on any atom is 0.203 e. The molecule has 0 spiro atoms. The first-order chi connectivity index (χ1) is 5.69. The molecule has 1 N–H and O–H groups in total. The van der Waals surface area contributed by atoms with Crippen LogP contribution in [0.1, 0.15) is 20.3 Å². The van der Waals surface area contributed by atoms with Crippen molar-refractivity contribution in [3.8, 4) is 0 Å². The Balaban J connectivity index is 2.86. The van der Waals surface area contributed by atoms with Crippen LogP contribution in [0.5, 0.6) is 0 Å². The highest BCUT2D eigenvalue weighted by Gasteiger charge is 2.21. The minimum absolute atomic E-state index is 0.314. The predicted molar refractivity (Wildman–Crippen MR) is 45.5 cm³/mol. The van der Waals surface area contributed by atoms with Crippen LogP contribution in [0.4, 0.5) is 4.39 Å². The van der Waals surface area contributed by atoms with Gasteiger partial charge in [0, 0.05) is 7.11 Å². The van der Waals surface area contributed by atoms with Crippen LogP contribution in [0, 0.1) is 0 Å². The maximum atomic E-state index is 13.3. The van der Waals surface area contributed by atoms with E-state index in [0.717, 1.165) is 0 Å². The Hall–Kier alpha value is -0.900. The van der Waals surface area contributed by atoms with Crippen LogP contribution in [0.2, 0.25) is 0 Å². The number of ether oxygens (including phenoxy) is 1. The van der Waals surface area contributed by atoms with Gasteiger partial charge in [-0.2, -0.15) is 0 Å². The lowest BCUT2D eigenvalue weighted by Crippen LogP contribution is -2.30. The van der Waals surface area contributed by atoms with Gasteiger partial charge in [-0.25, -0.2) is 9.38 Å². The number of methoxy groups -OCH3 is 1. The molecule has 1 unspecified atom stereocenters. The molecule has 0 aliphatic carbocycles. The van der Waals surface area contributed by atoms with E-state index in [4.69, 9.17) is 4.74 Å². The summed E-state index contributed by atoms with van der Waals surface area (Å²) in [7, 11) is 1.44. The summed E-state index contributed by atoms with van der Waals surface area (Å²) in [6, 6.07) is 0. The molecule has 68 valence electrons. The van der Waals surface area contributed by atoms with Crippen molar-refractivity contribution in [2.24, 2.45) is 4.99 Å². The number of aliphatic imine (C=N–C) groups is 1. The Morgan fingerprint density at radius 2 is 2.33 bits per heavy atom. The summed E-state index contributed by atoms with van der Waals surface area (Å²) in [4.78, 5) is 3.93. The van der Waals surface area contributed by atoms with E-state index in [9.17, 15) is 4.39 Å². The third-order valence-corrected chi connectivity index (χ3v) is 1.72. The number of hydrogen-bond donors (Lipinski definition) is 1. The van der Waals surface area contributed by atoms with Crippen molar-refractivity contribution in [1.29, 1.82) is 0 Å². The minimum atomic E-state index is -0.749. The molecule has 4 heteroatoms. The number of allylic oxidation sites excluding steroid dienone is 1. The lowest BCUT2D eigenvalue weighted by Gasteiger charge is -2.20. The first kappa shape index (κ1) is 9.19. The smallest absolute Gasteiger partial charge is 0.203 e. The summed E-state index contributed by atoms with van der Waals surface area (Å²) in [6.45, 7) is 3.67. The number of rotatable bonds is 2. The van der Waals surface area contributed by atoms with Crippen molar-refractivity contribution in [2.45, 2.75) is 26.5 Å². The van der Waals surface area contributed by atoms with E-state index in [1.54, 1.807) is 6.92 Å². The largest absolute Gasteiger partial charge is 0.353 e. The fourth-order valence-electron chi connectivity index (χ4n) is 1.11. The molecule has 3 nitrogen and oxygen atoms in total. The van der Waals surface area contributed by atoms with E-state index in [0.29, 0.717) is 18.0 Å². The third-order valence-electron chi connectivity index (χ3n) is 1.72. The van der Waals surface area contributed by atoms with Gasteiger partial charge >= 0.3 is 0 Å². The van der Waals surface area contributed by atoms with Crippen molar-refractivity contribution in [1.82, 2.24) is 5.32 Å². The van der Waals surface area contributed by atoms with Crippen molar-refractivity contribution in [3.63, 3.8) is 0 Å². The summed E-state index contributed by atoms with van der Waals surface area (Å²) < 4.78 is 18.1. The number of halogens is 1. The lowest BCUT2D eigenvalue weighted by molar-refractivity contribution is 0.115. The molecule has 0 aromatic rings. The summed E-state index contributed by atoms with van der Waals surface area (Å²) >= 11 is 0. The van der Waals surface area contributed by atoms with E-state index in [1.807, 2.05) is 6.92 Å². The summed E-state index contributed by atoms with van der Waals surface area (Å²) in [6.07, 6.45) is -0.125. The number of hydrogen-bond acceptors (Lipinski definition) is 3. The molecule has 1 rings (SSSR count). The highest BCUT2D eigenvalue weighted by atomic mass is 19.1. The van der Waals surface area contributed by atoms with Gasteiger partial charge in [-0.3, -0.25) is 0 Å². The molecule has 0 aromatic heterocycles. The van der Waals surface area contributed by atoms with E-state index in [1.165, 1.54) is 7.11 Å². The molecule has 0 saturated heterocycles. The number of amidine groups is 1. The van der Waals surface area contributed by atoms with Gasteiger partial charge in [0.2, 0.25) is 6.23 Å². The fourth-order valence-corrected chi connectivity index (χ4v) is 1.11. The second-order valence-corrected chi connectivity index (χ2v) is 2.61. The van der Waals surface area contributed by atoms with E-state index < -0.39 is 6.23 Å². The van der Waals surface area contributed by atoms with Crippen LogP contribution in [-0.4, -0.2) is 19.2 Å². The predicted octanol–water partition coefficient (Wildman–Crippen LogP) is 1.57. The Morgan fingerprint density at radius 1 is 1.67 bits per heavy atom. The maximum absolute atomic E-state index is 13.3. The number of nitrogens with zero attached hydrogens (tertiary/aromatic N) is 1. The van der Waals surface area contributed by atoms with Crippen LogP contribution >= 0.6 is 0 Å². The lowest BCUT2D eigenvalue weighted by atomic mass is 10.2. The highest BCUT2D eigenvalue weighted by Crippen LogP contribution is 2.18. The van der Waals surface area contributed by atoms with Crippen LogP contribution in [0.15, 0.2) is 16.5 Å². The van der Waals surface area contributed by atoms with Gasteiger partial charge in [0.15, 0.2) is 5.83 Å². The summed E-state index contributed by atoms with van der Waals surface area (Å²) in [5.74, 6) is 0.380. The second-order valence-electron chi connectivity index (χ2n) is 2.61. The van der Waals surface area contributed by atoms with Gasteiger partial charge < -0.3 is 10.1 Å².